The summed E-state index contributed by atoms with van der Waals surface area (Å²) in [5.41, 5.74) is 2.81. The Hall–Kier alpha value is -3.48. The Kier molecular flexibility index (Phi) is 7.87. The summed E-state index contributed by atoms with van der Waals surface area (Å²) in [5.74, 6) is -0.421. The minimum absolute atomic E-state index is 0.184. The van der Waals surface area contributed by atoms with Crippen molar-refractivity contribution in [2.45, 2.75) is 32.0 Å². The largest absolute Gasteiger partial charge is 0.508 e. The molecule has 188 valence electrons. The van der Waals surface area contributed by atoms with E-state index >= 15 is 0 Å². The first-order valence-corrected chi connectivity index (χ1v) is 12.3. The molecule has 0 saturated carbocycles. The number of nitrogens with zero attached hydrogens (tertiary/aromatic N) is 3. The first-order chi connectivity index (χ1) is 17.3. The van der Waals surface area contributed by atoms with Crippen LogP contribution in [0.3, 0.4) is 0 Å². The zero-order valence-electron chi connectivity index (χ0n) is 21.1. The quantitative estimate of drug-likeness (QED) is 0.449. The van der Waals surface area contributed by atoms with Crippen molar-refractivity contribution >= 4 is 11.6 Å². The number of hydrogen-bond donors (Lipinski definition) is 1. The number of carbonyl (C=O) groups excluding carboxylic acids is 1. The van der Waals surface area contributed by atoms with Gasteiger partial charge < -0.3 is 10.0 Å². The molecule has 1 N–H and O–H groups in total. The lowest BCUT2D eigenvalue weighted by molar-refractivity contribution is 0.0304. The highest BCUT2D eigenvalue weighted by Gasteiger charge is 2.36. The molecule has 4 rings (SSSR count). The smallest absolute Gasteiger partial charge is 0.258 e. The van der Waals surface area contributed by atoms with Crippen LogP contribution in [0.4, 0.5) is 10.1 Å². The van der Waals surface area contributed by atoms with Gasteiger partial charge in [0, 0.05) is 50.0 Å². The zero-order chi connectivity index (χ0) is 25.8. The van der Waals surface area contributed by atoms with E-state index in [0.717, 1.165) is 30.8 Å². The SMILES string of the molecule is C=CCN1C[C@H](C)N([C@H](c2cccc(O)c2)c2ccccc2C(=O)N(C)c2cccc(F)c2)C[C@H]1C. The van der Waals surface area contributed by atoms with Crippen molar-refractivity contribution in [2.24, 2.45) is 0 Å². The van der Waals surface area contributed by atoms with E-state index in [0.29, 0.717) is 11.3 Å². The standard InChI is InChI=1S/C30H34FN3O2/c1-5-16-33-19-22(3)34(20-21(33)2)29(23-10-8-13-26(35)17-23)27-14-6-7-15-28(27)30(36)32(4)25-12-9-11-24(31)18-25/h5-15,17-18,21-22,29,35H,1,16,19-20H2,2-4H3/t21-,22+,29-/m1/s1. The van der Waals surface area contributed by atoms with E-state index in [2.05, 4.69) is 30.2 Å². The van der Waals surface area contributed by atoms with Gasteiger partial charge in [0.25, 0.3) is 5.91 Å². The summed E-state index contributed by atoms with van der Waals surface area (Å²) < 4.78 is 13.9. The number of rotatable bonds is 7. The second kappa shape index (κ2) is 11.1. The maximum absolute atomic E-state index is 13.9. The third-order valence-corrected chi connectivity index (χ3v) is 7.03. The van der Waals surface area contributed by atoms with Crippen LogP contribution in [0.15, 0.2) is 85.5 Å². The Morgan fingerprint density at radius 2 is 1.83 bits per heavy atom. The van der Waals surface area contributed by atoms with Crippen LogP contribution in [0.1, 0.15) is 41.4 Å². The highest BCUT2D eigenvalue weighted by molar-refractivity contribution is 6.06. The fraction of sp³-hybridized carbons (Fsp3) is 0.300. The molecular weight excluding hydrogens is 453 g/mol. The predicted molar refractivity (Wildman–Crippen MR) is 143 cm³/mol. The van der Waals surface area contributed by atoms with Crippen LogP contribution in [0.25, 0.3) is 0 Å². The van der Waals surface area contributed by atoms with Gasteiger partial charge in [0.2, 0.25) is 0 Å². The van der Waals surface area contributed by atoms with Crippen LogP contribution in [0, 0.1) is 5.82 Å². The van der Waals surface area contributed by atoms with Crippen molar-refractivity contribution in [3.8, 4) is 5.75 Å². The molecule has 0 spiro atoms. The Bertz CT molecular complexity index is 1230. The average Bonchev–Trinajstić information content (AvgIpc) is 2.86. The number of amides is 1. The zero-order valence-corrected chi connectivity index (χ0v) is 21.1. The monoisotopic (exact) mass is 487 g/mol. The van der Waals surface area contributed by atoms with Gasteiger partial charge in [-0.2, -0.15) is 0 Å². The lowest BCUT2D eigenvalue weighted by atomic mass is 9.90. The Labute approximate surface area is 213 Å². The first-order valence-electron chi connectivity index (χ1n) is 12.3. The Morgan fingerprint density at radius 1 is 1.08 bits per heavy atom. The van der Waals surface area contributed by atoms with E-state index in [4.69, 9.17) is 0 Å². The van der Waals surface area contributed by atoms with Crippen LogP contribution in [-0.4, -0.2) is 59.6 Å². The summed E-state index contributed by atoms with van der Waals surface area (Å²) >= 11 is 0. The van der Waals surface area contributed by atoms with Crippen molar-refractivity contribution in [3.63, 3.8) is 0 Å². The highest BCUT2D eigenvalue weighted by atomic mass is 19.1. The normalized spacial score (nSPS) is 19.6. The summed E-state index contributed by atoms with van der Waals surface area (Å²) in [6.45, 7) is 10.8. The number of piperazine rings is 1. The molecule has 1 aliphatic heterocycles. The molecule has 3 aromatic carbocycles. The van der Waals surface area contributed by atoms with Gasteiger partial charge in [0.1, 0.15) is 11.6 Å². The lowest BCUT2D eigenvalue weighted by Crippen LogP contribution is -2.57. The molecule has 0 unspecified atom stereocenters. The van der Waals surface area contributed by atoms with Gasteiger partial charge in [-0.15, -0.1) is 6.58 Å². The molecule has 1 aliphatic rings. The molecule has 5 nitrogen and oxygen atoms in total. The van der Waals surface area contributed by atoms with E-state index in [9.17, 15) is 14.3 Å². The van der Waals surface area contributed by atoms with Crippen LogP contribution in [-0.2, 0) is 0 Å². The molecule has 3 atom stereocenters. The van der Waals surface area contributed by atoms with Gasteiger partial charge >= 0.3 is 0 Å². The minimum Gasteiger partial charge on any atom is -0.508 e. The molecular formula is C30H34FN3O2. The molecule has 0 bridgehead atoms. The second-order valence-corrected chi connectivity index (χ2v) is 9.57. The summed E-state index contributed by atoms with van der Waals surface area (Å²) in [7, 11) is 1.66. The number of aromatic hydroxyl groups is 1. The van der Waals surface area contributed by atoms with Gasteiger partial charge in [0.15, 0.2) is 0 Å². The Morgan fingerprint density at radius 3 is 2.56 bits per heavy atom. The van der Waals surface area contributed by atoms with Crippen molar-refractivity contribution in [2.75, 3.05) is 31.6 Å². The number of phenols is 1. The molecule has 36 heavy (non-hydrogen) atoms. The van der Waals surface area contributed by atoms with Crippen LogP contribution < -0.4 is 4.90 Å². The third-order valence-electron chi connectivity index (χ3n) is 7.03. The predicted octanol–water partition coefficient (Wildman–Crippen LogP) is 5.48. The fourth-order valence-corrected chi connectivity index (χ4v) is 5.16. The molecule has 3 aromatic rings. The first kappa shape index (κ1) is 25.6. The number of anilines is 1. The van der Waals surface area contributed by atoms with Crippen molar-refractivity contribution in [1.82, 2.24) is 9.80 Å². The second-order valence-electron chi connectivity index (χ2n) is 9.57. The molecule has 0 radical (unpaired) electrons. The molecule has 6 heteroatoms. The third kappa shape index (κ3) is 5.35. The number of carbonyl (C=O) groups is 1. The van der Waals surface area contributed by atoms with Gasteiger partial charge in [-0.05, 0) is 61.4 Å². The summed E-state index contributed by atoms with van der Waals surface area (Å²) in [6, 6.07) is 21.1. The van der Waals surface area contributed by atoms with Gasteiger partial charge in [0.05, 0.1) is 6.04 Å². The van der Waals surface area contributed by atoms with E-state index in [-0.39, 0.29) is 29.8 Å². The van der Waals surface area contributed by atoms with E-state index in [1.54, 1.807) is 31.3 Å². The molecule has 0 aromatic heterocycles. The topological polar surface area (TPSA) is 47.0 Å². The molecule has 0 aliphatic carbocycles. The summed E-state index contributed by atoms with van der Waals surface area (Å²) in [4.78, 5) is 20.1. The van der Waals surface area contributed by atoms with Crippen LogP contribution in [0.2, 0.25) is 0 Å². The average molecular weight is 488 g/mol. The van der Waals surface area contributed by atoms with Crippen molar-refractivity contribution in [3.05, 3.63) is 108 Å². The van der Waals surface area contributed by atoms with Crippen molar-refractivity contribution < 1.29 is 14.3 Å². The number of halogens is 1. The minimum atomic E-state index is -0.390. The van der Waals surface area contributed by atoms with E-state index in [1.807, 2.05) is 42.5 Å². The van der Waals surface area contributed by atoms with Crippen LogP contribution in [0.5, 0.6) is 5.75 Å². The maximum Gasteiger partial charge on any atom is 0.258 e. The maximum atomic E-state index is 13.9. The van der Waals surface area contributed by atoms with E-state index in [1.165, 1.54) is 17.0 Å². The van der Waals surface area contributed by atoms with Crippen LogP contribution >= 0.6 is 0 Å². The molecule has 1 fully saturated rings. The molecule has 1 heterocycles. The summed E-state index contributed by atoms with van der Waals surface area (Å²) in [6.07, 6.45) is 1.93. The van der Waals surface area contributed by atoms with Crippen molar-refractivity contribution in [1.29, 1.82) is 0 Å². The van der Waals surface area contributed by atoms with Gasteiger partial charge in [-0.3, -0.25) is 14.6 Å². The van der Waals surface area contributed by atoms with Gasteiger partial charge in [-0.25, -0.2) is 4.39 Å². The molecule has 1 saturated heterocycles. The Balaban J connectivity index is 1.78. The fourth-order valence-electron chi connectivity index (χ4n) is 5.16. The van der Waals surface area contributed by atoms with E-state index < -0.39 is 5.82 Å². The highest BCUT2D eigenvalue weighted by Crippen LogP contribution is 2.36. The van der Waals surface area contributed by atoms with Gasteiger partial charge in [-0.1, -0.05) is 42.5 Å². The number of phenolic OH excluding ortho intramolecular Hbond substituents is 1. The number of benzene rings is 3. The summed E-state index contributed by atoms with van der Waals surface area (Å²) in [5, 5.41) is 10.3. The lowest BCUT2D eigenvalue weighted by Gasteiger charge is -2.47. The molecule has 1 amide bonds. The number of hydrogen-bond acceptors (Lipinski definition) is 4.